The zero-order chi connectivity index (χ0) is 18.1. The molecule has 0 aliphatic rings. The average molecular weight is 353 g/mol. The second-order valence-corrected chi connectivity index (χ2v) is 4.95. The van der Waals surface area contributed by atoms with Crippen LogP contribution in [0, 0.1) is 5.82 Å². The van der Waals surface area contributed by atoms with E-state index in [1.54, 1.807) is 12.1 Å². The van der Waals surface area contributed by atoms with E-state index < -0.39 is 17.8 Å². The van der Waals surface area contributed by atoms with E-state index in [4.69, 9.17) is 26.9 Å². The molecule has 7 heteroatoms. The fraction of sp³-hybridized carbons (Fsp3) is 0.0588. The maximum atomic E-state index is 13.0. The summed E-state index contributed by atoms with van der Waals surface area (Å²) in [6.45, 7) is 0. The lowest BCUT2D eigenvalue weighted by Crippen LogP contribution is -1.99. The second kappa shape index (κ2) is 9.32. The van der Waals surface area contributed by atoms with Crippen LogP contribution < -0.4 is 0 Å². The van der Waals surface area contributed by atoms with E-state index in [0.29, 0.717) is 5.56 Å². The van der Waals surface area contributed by atoms with E-state index in [0.717, 1.165) is 12.2 Å². The van der Waals surface area contributed by atoms with Gasteiger partial charge in [-0.25, -0.2) is 9.18 Å². The smallest absolute Gasteiger partial charge is 0.328 e. The lowest BCUT2D eigenvalue weighted by atomic mass is 10.1. The lowest BCUT2D eigenvalue weighted by Gasteiger charge is -1.97. The fourth-order valence-electron chi connectivity index (χ4n) is 1.67. The fourth-order valence-corrected chi connectivity index (χ4v) is 1.89. The van der Waals surface area contributed by atoms with Gasteiger partial charge >= 0.3 is 11.9 Å². The molecule has 0 radical (unpaired) electrons. The zero-order valence-electron chi connectivity index (χ0n) is 12.3. The molecular weight excluding hydrogens is 339 g/mol. The molecule has 3 N–H and O–H groups in total. The van der Waals surface area contributed by atoms with Crippen molar-refractivity contribution in [2.24, 2.45) is 0 Å². The van der Waals surface area contributed by atoms with Crippen LogP contribution in [-0.2, 0) is 16.0 Å². The molecule has 0 spiro atoms. The summed E-state index contributed by atoms with van der Waals surface area (Å²) < 4.78 is 13.0. The topological polar surface area (TPSA) is 94.8 Å². The van der Waals surface area contributed by atoms with Gasteiger partial charge in [-0.1, -0.05) is 29.8 Å². The molecule has 0 saturated carbocycles. The van der Waals surface area contributed by atoms with Crippen molar-refractivity contribution in [2.75, 3.05) is 0 Å². The largest absolute Gasteiger partial charge is 0.508 e. The van der Waals surface area contributed by atoms with Gasteiger partial charge in [0.2, 0.25) is 0 Å². The highest BCUT2D eigenvalue weighted by molar-refractivity contribution is 6.32. The molecule has 0 aromatic heterocycles. The lowest BCUT2D eigenvalue weighted by molar-refractivity contribution is -0.136. The Kier molecular flexibility index (Phi) is 7.45. The van der Waals surface area contributed by atoms with Crippen molar-refractivity contribution in [1.82, 2.24) is 0 Å². The minimum atomic E-state index is -1.14. The van der Waals surface area contributed by atoms with Crippen molar-refractivity contribution in [3.63, 3.8) is 0 Å². The number of hydrogen-bond acceptors (Lipinski definition) is 3. The molecule has 0 amide bonds. The summed E-state index contributed by atoms with van der Waals surface area (Å²) in [5.74, 6) is -2.47. The van der Waals surface area contributed by atoms with Gasteiger partial charge in [0, 0.05) is 11.6 Å². The molecule has 0 aliphatic heterocycles. The van der Waals surface area contributed by atoms with Crippen molar-refractivity contribution >= 4 is 29.6 Å². The predicted molar refractivity (Wildman–Crippen MR) is 87.5 cm³/mol. The third kappa shape index (κ3) is 6.93. The number of carbonyl (C=O) groups is 2. The molecule has 126 valence electrons. The van der Waals surface area contributed by atoms with Crippen molar-refractivity contribution in [3.8, 4) is 5.75 Å². The standard InChI is InChI=1S/C9H6ClFO2.C8H8O3/c10-7-2-1-3-8(11)6(7)4-5-9(12)13;9-7-3-1-2-6(4-7)5-8(10)11/h1-5H,(H,12,13);1-4,9H,5H2,(H,10,11)/b5-4+;. The Labute approximate surface area is 142 Å². The van der Waals surface area contributed by atoms with Crippen LogP contribution in [0.1, 0.15) is 11.1 Å². The monoisotopic (exact) mass is 352 g/mol. The van der Waals surface area contributed by atoms with Gasteiger partial charge in [-0.05, 0) is 35.9 Å². The summed E-state index contributed by atoms with van der Waals surface area (Å²) >= 11 is 5.63. The molecule has 2 rings (SSSR count). The van der Waals surface area contributed by atoms with Gasteiger partial charge in [-0.3, -0.25) is 4.79 Å². The van der Waals surface area contributed by atoms with Crippen LogP contribution >= 0.6 is 11.6 Å². The molecular formula is C17H14ClFO5. The van der Waals surface area contributed by atoms with E-state index in [2.05, 4.69) is 0 Å². The Morgan fingerprint density at radius 2 is 1.79 bits per heavy atom. The van der Waals surface area contributed by atoms with Crippen LogP contribution in [0.15, 0.2) is 48.5 Å². The second-order valence-electron chi connectivity index (χ2n) is 4.55. The van der Waals surface area contributed by atoms with Gasteiger partial charge in [0.25, 0.3) is 0 Å². The Hall–Kier alpha value is -2.86. The molecule has 5 nitrogen and oxygen atoms in total. The average Bonchev–Trinajstić information content (AvgIpc) is 2.46. The van der Waals surface area contributed by atoms with E-state index in [9.17, 15) is 14.0 Å². The van der Waals surface area contributed by atoms with Crippen molar-refractivity contribution in [3.05, 3.63) is 70.5 Å². The molecule has 0 heterocycles. The normalized spacial score (nSPS) is 10.1. The minimum Gasteiger partial charge on any atom is -0.508 e. The Balaban J connectivity index is 0.000000243. The van der Waals surface area contributed by atoms with Crippen molar-refractivity contribution < 1.29 is 29.3 Å². The number of halogens is 2. The third-order valence-electron chi connectivity index (χ3n) is 2.66. The van der Waals surface area contributed by atoms with Crippen LogP contribution in [0.3, 0.4) is 0 Å². The number of phenols is 1. The highest BCUT2D eigenvalue weighted by Crippen LogP contribution is 2.20. The maximum Gasteiger partial charge on any atom is 0.328 e. The van der Waals surface area contributed by atoms with Gasteiger partial charge in [-0.2, -0.15) is 0 Å². The number of carboxylic acids is 2. The minimum absolute atomic E-state index is 0.0472. The molecule has 2 aromatic carbocycles. The number of hydrogen-bond donors (Lipinski definition) is 3. The van der Waals surface area contributed by atoms with Gasteiger partial charge < -0.3 is 15.3 Å². The molecule has 0 aliphatic carbocycles. The van der Waals surface area contributed by atoms with Crippen molar-refractivity contribution in [1.29, 1.82) is 0 Å². The van der Waals surface area contributed by atoms with Gasteiger partial charge in [-0.15, -0.1) is 0 Å². The molecule has 2 aromatic rings. The van der Waals surface area contributed by atoms with Gasteiger partial charge in [0.1, 0.15) is 11.6 Å². The summed E-state index contributed by atoms with van der Waals surface area (Å²) in [6, 6.07) is 10.4. The predicted octanol–water partition coefficient (Wildman–Crippen LogP) is 3.60. The number of carboxylic acid groups (broad SMARTS) is 2. The van der Waals surface area contributed by atoms with Crippen LogP contribution in [0.25, 0.3) is 6.08 Å². The van der Waals surface area contributed by atoms with Gasteiger partial charge in [0.05, 0.1) is 11.4 Å². The number of aromatic hydroxyl groups is 1. The first-order valence-corrected chi connectivity index (χ1v) is 7.02. The summed E-state index contributed by atoms with van der Waals surface area (Å²) in [4.78, 5) is 20.3. The van der Waals surface area contributed by atoms with Crippen LogP contribution in [0.2, 0.25) is 5.02 Å². The first kappa shape index (κ1) is 19.2. The van der Waals surface area contributed by atoms with Crippen LogP contribution in [-0.4, -0.2) is 27.3 Å². The molecule has 0 unspecified atom stereocenters. The Morgan fingerprint density at radius 3 is 2.33 bits per heavy atom. The van der Waals surface area contributed by atoms with Crippen LogP contribution in [0.4, 0.5) is 4.39 Å². The SMILES string of the molecule is O=C(O)/C=C/c1c(F)cccc1Cl.O=C(O)Cc1cccc(O)c1. The molecule has 0 atom stereocenters. The van der Waals surface area contributed by atoms with E-state index in [1.807, 2.05) is 0 Å². The third-order valence-corrected chi connectivity index (χ3v) is 2.99. The van der Waals surface area contributed by atoms with Crippen molar-refractivity contribution in [2.45, 2.75) is 6.42 Å². The maximum absolute atomic E-state index is 13.0. The highest BCUT2D eigenvalue weighted by atomic mass is 35.5. The van der Waals surface area contributed by atoms with E-state index in [-0.39, 0.29) is 22.8 Å². The van der Waals surface area contributed by atoms with Gasteiger partial charge in [0.15, 0.2) is 0 Å². The number of aliphatic carboxylic acids is 2. The molecule has 0 bridgehead atoms. The van der Waals surface area contributed by atoms with E-state index in [1.165, 1.54) is 30.3 Å². The molecule has 24 heavy (non-hydrogen) atoms. The first-order valence-electron chi connectivity index (χ1n) is 6.64. The number of rotatable bonds is 4. The summed E-state index contributed by atoms with van der Waals surface area (Å²) in [5, 5.41) is 25.8. The Morgan fingerprint density at radius 1 is 1.12 bits per heavy atom. The highest BCUT2D eigenvalue weighted by Gasteiger charge is 2.02. The molecule has 0 saturated heterocycles. The quantitative estimate of drug-likeness (QED) is 0.731. The van der Waals surface area contributed by atoms with Crippen LogP contribution in [0.5, 0.6) is 5.75 Å². The first-order chi connectivity index (χ1) is 11.3. The molecule has 0 fully saturated rings. The summed E-state index contributed by atoms with van der Waals surface area (Å²) in [5.41, 5.74) is 0.698. The number of benzene rings is 2. The Bertz CT molecular complexity index is 738. The summed E-state index contributed by atoms with van der Waals surface area (Å²) in [6.07, 6.45) is 1.92. The zero-order valence-corrected chi connectivity index (χ0v) is 13.1. The van der Waals surface area contributed by atoms with E-state index >= 15 is 0 Å². The number of phenolic OH excluding ortho intramolecular Hbond substituents is 1. The summed E-state index contributed by atoms with van der Waals surface area (Å²) in [7, 11) is 0.